The second kappa shape index (κ2) is 8.72. The van der Waals surface area contributed by atoms with Gasteiger partial charge in [0.05, 0.1) is 26.4 Å². The van der Waals surface area contributed by atoms with Gasteiger partial charge in [-0.25, -0.2) is 4.39 Å². The summed E-state index contributed by atoms with van der Waals surface area (Å²) in [5.74, 6) is 0.447. The number of benzene rings is 1. The molecule has 1 aromatic rings. The molecule has 3 rings (SSSR count). The number of ether oxygens (including phenoxy) is 4. The Bertz CT molecular complexity index is 515. The highest BCUT2D eigenvalue weighted by Crippen LogP contribution is 2.28. The summed E-state index contributed by atoms with van der Waals surface area (Å²) in [5, 5.41) is 0. The third-order valence-corrected chi connectivity index (χ3v) is 4.38. The minimum absolute atomic E-state index is 0.124. The fraction of sp³-hybridized carbons (Fsp3) is 0.579. The minimum atomic E-state index is -0.398. The van der Waals surface area contributed by atoms with Gasteiger partial charge in [0.15, 0.2) is 12.6 Å². The molecule has 5 heteroatoms. The highest BCUT2D eigenvalue weighted by molar-refractivity contribution is 5.17. The van der Waals surface area contributed by atoms with Gasteiger partial charge in [0.1, 0.15) is 5.82 Å². The SMILES string of the molecule is C/C=C\[C@H]1CO[C@H](CCC2COC(c3ccc(F)cc3)OC2)OC1. The summed E-state index contributed by atoms with van der Waals surface area (Å²) >= 11 is 0. The van der Waals surface area contributed by atoms with Crippen LogP contribution in [0.3, 0.4) is 0 Å². The molecule has 0 amide bonds. The molecule has 2 fully saturated rings. The van der Waals surface area contributed by atoms with Crippen molar-refractivity contribution in [2.75, 3.05) is 26.4 Å². The van der Waals surface area contributed by atoms with E-state index < -0.39 is 6.29 Å². The van der Waals surface area contributed by atoms with Crippen molar-refractivity contribution in [3.63, 3.8) is 0 Å². The molecule has 1 aromatic carbocycles. The van der Waals surface area contributed by atoms with E-state index in [1.54, 1.807) is 12.1 Å². The van der Waals surface area contributed by atoms with Crippen LogP contribution in [0.2, 0.25) is 0 Å². The zero-order valence-corrected chi connectivity index (χ0v) is 14.0. The zero-order valence-electron chi connectivity index (χ0n) is 14.0. The maximum absolute atomic E-state index is 13.0. The van der Waals surface area contributed by atoms with E-state index in [0.717, 1.165) is 31.6 Å². The van der Waals surface area contributed by atoms with Crippen LogP contribution in [0.4, 0.5) is 4.39 Å². The van der Waals surface area contributed by atoms with E-state index in [1.165, 1.54) is 12.1 Å². The second-order valence-electron chi connectivity index (χ2n) is 6.38. The Morgan fingerprint density at radius 3 is 2.25 bits per heavy atom. The molecule has 24 heavy (non-hydrogen) atoms. The molecule has 4 nitrogen and oxygen atoms in total. The fourth-order valence-corrected chi connectivity index (χ4v) is 3.00. The van der Waals surface area contributed by atoms with Crippen molar-refractivity contribution in [1.82, 2.24) is 0 Å². The Balaban J connectivity index is 1.36. The third kappa shape index (κ3) is 4.86. The lowest BCUT2D eigenvalue weighted by atomic mass is 10.0. The first-order chi connectivity index (χ1) is 11.7. The summed E-state index contributed by atoms with van der Waals surface area (Å²) in [6.07, 6.45) is 5.42. The van der Waals surface area contributed by atoms with E-state index in [-0.39, 0.29) is 12.1 Å². The van der Waals surface area contributed by atoms with E-state index in [9.17, 15) is 4.39 Å². The number of hydrogen-bond acceptors (Lipinski definition) is 4. The largest absolute Gasteiger partial charge is 0.352 e. The number of halogens is 1. The van der Waals surface area contributed by atoms with E-state index in [0.29, 0.717) is 25.0 Å². The van der Waals surface area contributed by atoms with Gasteiger partial charge in [-0.3, -0.25) is 0 Å². The molecule has 0 atom stereocenters. The molecule has 0 N–H and O–H groups in total. The maximum atomic E-state index is 13.0. The summed E-state index contributed by atoms with van der Waals surface area (Å²) < 4.78 is 36.0. The second-order valence-corrected chi connectivity index (χ2v) is 6.38. The monoisotopic (exact) mass is 336 g/mol. The van der Waals surface area contributed by atoms with Crippen molar-refractivity contribution in [3.8, 4) is 0 Å². The summed E-state index contributed by atoms with van der Waals surface area (Å²) in [5.41, 5.74) is 0.851. The minimum Gasteiger partial charge on any atom is -0.352 e. The fourth-order valence-electron chi connectivity index (χ4n) is 3.00. The lowest BCUT2D eigenvalue weighted by Crippen LogP contribution is -2.33. The molecular weight excluding hydrogens is 311 g/mol. The Kier molecular flexibility index (Phi) is 6.37. The van der Waals surface area contributed by atoms with Gasteiger partial charge in [-0.05, 0) is 31.9 Å². The van der Waals surface area contributed by atoms with Gasteiger partial charge in [0.2, 0.25) is 0 Å². The molecule has 0 aromatic heterocycles. The van der Waals surface area contributed by atoms with Crippen molar-refractivity contribution >= 4 is 0 Å². The first kappa shape index (κ1) is 17.5. The normalized spacial score (nSPS) is 31.4. The summed E-state index contributed by atoms with van der Waals surface area (Å²) in [4.78, 5) is 0. The van der Waals surface area contributed by atoms with Crippen molar-refractivity contribution < 1.29 is 23.3 Å². The number of rotatable bonds is 5. The van der Waals surface area contributed by atoms with Crippen LogP contribution >= 0.6 is 0 Å². The lowest BCUT2D eigenvalue weighted by Gasteiger charge is -2.32. The van der Waals surface area contributed by atoms with Crippen molar-refractivity contribution in [3.05, 3.63) is 47.8 Å². The molecular formula is C19H25FO4. The molecule has 2 aliphatic heterocycles. The van der Waals surface area contributed by atoms with E-state index in [1.807, 2.05) is 13.0 Å². The lowest BCUT2D eigenvalue weighted by molar-refractivity contribution is -0.217. The van der Waals surface area contributed by atoms with Gasteiger partial charge in [-0.1, -0.05) is 24.3 Å². The van der Waals surface area contributed by atoms with Crippen LogP contribution in [0, 0.1) is 17.7 Å². The molecule has 0 bridgehead atoms. The van der Waals surface area contributed by atoms with Gasteiger partial charge >= 0.3 is 0 Å². The van der Waals surface area contributed by atoms with Crippen LogP contribution in [0.5, 0.6) is 0 Å². The summed E-state index contributed by atoms with van der Waals surface area (Å²) in [6.45, 7) is 4.72. The average molecular weight is 336 g/mol. The van der Waals surface area contributed by atoms with Crippen LogP contribution in [-0.2, 0) is 18.9 Å². The highest BCUT2D eigenvalue weighted by atomic mass is 19.1. The van der Waals surface area contributed by atoms with E-state index >= 15 is 0 Å². The van der Waals surface area contributed by atoms with Crippen LogP contribution < -0.4 is 0 Å². The van der Waals surface area contributed by atoms with Crippen LogP contribution in [0.25, 0.3) is 0 Å². The van der Waals surface area contributed by atoms with Gasteiger partial charge in [-0.2, -0.15) is 0 Å². The highest BCUT2D eigenvalue weighted by Gasteiger charge is 2.26. The van der Waals surface area contributed by atoms with Gasteiger partial charge in [0.25, 0.3) is 0 Å². The Morgan fingerprint density at radius 2 is 1.62 bits per heavy atom. The van der Waals surface area contributed by atoms with Crippen molar-refractivity contribution in [2.45, 2.75) is 32.3 Å². The molecule has 132 valence electrons. The smallest absolute Gasteiger partial charge is 0.183 e. The molecule has 2 saturated heterocycles. The van der Waals surface area contributed by atoms with Crippen molar-refractivity contribution in [1.29, 1.82) is 0 Å². The predicted octanol–water partition coefficient (Wildman–Crippen LogP) is 3.83. The number of hydrogen-bond donors (Lipinski definition) is 0. The van der Waals surface area contributed by atoms with Crippen LogP contribution in [-0.4, -0.2) is 32.7 Å². The molecule has 0 spiro atoms. The molecule has 0 saturated carbocycles. The summed E-state index contributed by atoms with van der Waals surface area (Å²) in [6, 6.07) is 6.25. The zero-order chi connectivity index (χ0) is 16.8. The first-order valence-electron chi connectivity index (χ1n) is 8.59. The molecule has 0 radical (unpaired) electrons. The quantitative estimate of drug-likeness (QED) is 0.766. The third-order valence-electron chi connectivity index (χ3n) is 4.38. The molecule has 2 aliphatic rings. The predicted molar refractivity (Wildman–Crippen MR) is 87.8 cm³/mol. The average Bonchev–Trinajstić information content (AvgIpc) is 2.63. The molecule has 0 aliphatic carbocycles. The van der Waals surface area contributed by atoms with Gasteiger partial charge in [-0.15, -0.1) is 0 Å². The standard InChI is InChI=1S/C19H25FO4/c1-2-3-14-10-21-18(22-11-14)9-4-15-12-23-19(24-13-15)16-5-7-17(20)8-6-16/h2-3,5-8,14-15,18-19H,4,9-13H2,1H3/b3-2-/t14-,15?,18-,19?. The molecule has 0 unspecified atom stereocenters. The van der Waals surface area contributed by atoms with Crippen molar-refractivity contribution in [2.24, 2.45) is 11.8 Å². The van der Waals surface area contributed by atoms with Crippen LogP contribution in [0.15, 0.2) is 36.4 Å². The summed E-state index contributed by atoms with van der Waals surface area (Å²) in [7, 11) is 0. The molecule has 2 heterocycles. The van der Waals surface area contributed by atoms with Gasteiger partial charge < -0.3 is 18.9 Å². The van der Waals surface area contributed by atoms with E-state index in [2.05, 4.69) is 6.08 Å². The van der Waals surface area contributed by atoms with E-state index in [4.69, 9.17) is 18.9 Å². The Labute approximate surface area is 142 Å². The first-order valence-corrected chi connectivity index (χ1v) is 8.59. The maximum Gasteiger partial charge on any atom is 0.183 e. The Morgan fingerprint density at radius 1 is 0.958 bits per heavy atom. The topological polar surface area (TPSA) is 36.9 Å². The van der Waals surface area contributed by atoms with Gasteiger partial charge in [0, 0.05) is 17.4 Å². The van der Waals surface area contributed by atoms with Crippen LogP contribution in [0.1, 0.15) is 31.6 Å². The number of allylic oxidation sites excluding steroid dienone is 1. The Hall–Kier alpha value is -1.27.